The number of nitrogens with zero attached hydrogens (tertiary/aromatic N) is 1. The normalized spacial score (nSPS) is 11.6. The number of hydrogen-bond acceptors (Lipinski definition) is 4. The van der Waals surface area contributed by atoms with E-state index in [4.69, 9.17) is 16.3 Å². The lowest BCUT2D eigenvalue weighted by Gasteiger charge is -2.20. The molecule has 0 saturated carbocycles. The van der Waals surface area contributed by atoms with Crippen molar-refractivity contribution >= 4 is 23.5 Å². The summed E-state index contributed by atoms with van der Waals surface area (Å²) < 4.78 is 5.42. The molecule has 1 amide bonds. The molecule has 1 heterocycles. The van der Waals surface area contributed by atoms with Gasteiger partial charge in [0, 0.05) is 5.56 Å². The topological polar surface area (TPSA) is 88.5 Å². The van der Waals surface area contributed by atoms with Crippen molar-refractivity contribution in [1.82, 2.24) is 10.3 Å². The van der Waals surface area contributed by atoms with E-state index in [1.165, 1.54) is 13.2 Å². The van der Waals surface area contributed by atoms with Gasteiger partial charge in [0.15, 0.2) is 0 Å². The highest BCUT2D eigenvalue weighted by atomic mass is 35.5. The number of methoxy groups -OCH3 is 1. The highest BCUT2D eigenvalue weighted by Crippen LogP contribution is 2.34. The Kier molecular flexibility index (Phi) is 6.92. The third-order valence-electron chi connectivity index (χ3n) is 4.94. The maximum Gasteiger partial charge on any atom is 0.305 e. The van der Waals surface area contributed by atoms with Crippen LogP contribution in [0.5, 0.6) is 5.75 Å². The van der Waals surface area contributed by atoms with E-state index in [1.54, 1.807) is 12.1 Å². The zero-order chi connectivity index (χ0) is 22.5. The molecule has 0 saturated heterocycles. The van der Waals surface area contributed by atoms with Crippen molar-refractivity contribution in [3.63, 3.8) is 0 Å². The molecule has 3 rings (SSSR count). The maximum absolute atomic E-state index is 13.0. The van der Waals surface area contributed by atoms with Gasteiger partial charge in [-0.3, -0.25) is 9.59 Å². The van der Waals surface area contributed by atoms with Crippen LogP contribution in [0.2, 0.25) is 5.02 Å². The molecule has 1 atom stereocenters. The quantitative estimate of drug-likeness (QED) is 0.543. The van der Waals surface area contributed by atoms with Crippen LogP contribution in [-0.4, -0.2) is 29.1 Å². The van der Waals surface area contributed by atoms with Gasteiger partial charge in [-0.15, -0.1) is 0 Å². The third-order valence-corrected chi connectivity index (χ3v) is 5.27. The van der Waals surface area contributed by atoms with Crippen LogP contribution in [0.3, 0.4) is 0 Å². The van der Waals surface area contributed by atoms with E-state index in [9.17, 15) is 14.7 Å². The number of carboxylic acids is 1. The monoisotopic (exact) mass is 438 g/mol. The third kappa shape index (κ3) is 5.22. The van der Waals surface area contributed by atoms with Crippen LogP contribution in [-0.2, 0) is 4.79 Å². The molecule has 0 aliphatic rings. The number of aryl methyl sites for hydroxylation is 2. The summed E-state index contributed by atoms with van der Waals surface area (Å²) >= 11 is 6.37. The Hall–Kier alpha value is -3.38. The van der Waals surface area contributed by atoms with Crippen LogP contribution in [0.15, 0.2) is 54.6 Å². The molecular formula is C24H23ClN2O4. The van der Waals surface area contributed by atoms with Crippen LogP contribution in [0.25, 0.3) is 11.3 Å². The first kappa shape index (κ1) is 22.3. The number of hydrogen-bond donors (Lipinski definition) is 2. The van der Waals surface area contributed by atoms with Crippen molar-refractivity contribution in [1.29, 1.82) is 0 Å². The summed E-state index contributed by atoms with van der Waals surface area (Å²) in [7, 11) is 1.52. The van der Waals surface area contributed by atoms with Gasteiger partial charge in [-0.2, -0.15) is 0 Å². The van der Waals surface area contributed by atoms with Gasteiger partial charge < -0.3 is 15.2 Å². The molecule has 6 nitrogen and oxygen atoms in total. The lowest BCUT2D eigenvalue weighted by atomic mass is 9.98. The van der Waals surface area contributed by atoms with Crippen molar-refractivity contribution < 1.29 is 19.4 Å². The molecule has 0 aliphatic carbocycles. The molecular weight excluding hydrogens is 416 g/mol. The number of nitrogens with one attached hydrogen (secondary N) is 1. The number of amides is 1. The van der Waals surface area contributed by atoms with Gasteiger partial charge in [-0.05, 0) is 49.2 Å². The number of carbonyl (C=O) groups is 2. The molecule has 1 aromatic heterocycles. The number of rotatable bonds is 7. The number of aromatic nitrogens is 1. The first-order valence-corrected chi connectivity index (χ1v) is 10.1. The lowest BCUT2D eigenvalue weighted by Crippen LogP contribution is -2.31. The van der Waals surface area contributed by atoms with Crippen LogP contribution < -0.4 is 10.1 Å². The molecule has 3 aromatic rings. The van der Waals surface area contributed by atoms with Gasteiger partial charge in [0.2, 0.25) is 0 Å². The van der Waals surface area contributed by atoms with Crippen molar-refractivity contribution in [2.75, 3.05) is 7.11 Å². The van der Waals surface area contributed by atoms with Crippen LogP contribution >= 0.6 is 11.6 Å². The fourth-order valence-corrected chi connectivity index (χ4v) is 3.58. The Balaban J connectivity index is 1.98. The van der Waals surface area contributed by atoms with Gasteiger partial charge >= 0.3 is 5.97 Å². The van der Waals surface area contributed by atoms with E-state index in [1.807, 2.05) is 50.2 Å². The minimum absolute atomic E-state index is 0.136. The second-order valence-corrected chi connectivity index (χ2v) is 7.62. The molecule has 0 bridgehead atoms. The Morgan fingerprint density at radius 3 is 2.55 bits per heavy atom. The maximum atomic E-state index is 13.0. The second kappa shape index (κ2) is 9.62. The summed E-state index contributed by atoms with van der Waals surface area (Å²) in [6, 6.07) is 15.4. The Morgan fingerprint density at radius 1 is 1.13 bits per heavy atom. The molecule has 0 aliphatic heterocycles. The molecule has 0 unspecified atom stereocenters. The molecule has 0 radical (unpaired) electrons. The Labute approximate surface area is 185 Å². The first-order chi connectivity index (χ1) is 14.8. The molecule has 0 fully saturated rings. The standard InChI is InChI=1S/C24H23ClN2O4/c1-14-8-9-18(25)17(12-14)23-21(31-3)11-10-19(26-23)24(30)27-20(13-22(28)29)16-7-5-4-6-15(16)2/h4-12,20H,13H2,1-3H3,(H,27,30)(H,28,29)/t20-/m0/s1. The van der Waals surface area contributed by atoms with E-state index in [2.05, 4.69) is 10.3 Å². The Morgan fingerprint density at radius 2 is 1.87 bits per heavy atom. The number of pyridine rings is 1. The molecule has 0 spiro atoms. The number of carboxylic acid groups (broad SMARTS) is 1. The van der Waals surface area contributed by atoms with Gasteiger partial charge in [-0.25, -0.2) is 4.98 Å². The average molecular weight is 439 g/mol. The van der Waals surface area contributed by atoms with Gasteiger partial charge in [0.05, 0.1) is 24.6 Å². The number of carbonyl (C=O) groups excluding carboxylic acids is 1. The van der Waals surface area contributed by atoms with Crippen LogP contribution in [0, 0.1) is 13.8 Å². The first-order valence-electron chi connectivity index (χ1n) is 9.70. The SMILES string of the molecule is COc1ccc(C(=O)N[C@@H](CC(=O)O)c2ccccc2C)nc1-c1cc(C)ccc1Cl. The highest BCUT2D eigenvalue weighted by molar-refractivity contribution is 6.33. The van der Waals surface area contributed by atoms with Gasteiger partial charge in [-0.1, -0.05) is 47.5 Å². The Bertz CT molecular complexity index is 1130. The van der Waals surface area contributed by atoms with E-state index in [0.717, 1.165) is 16.7 Å². The molecule has 160 valence electrons. The van der Waals surface area contributed by atoms with Crippen molar-refractivity contribution in [3.8, 4) is 17.0 Å². The van der Waals surface area contributed by atoms with Crippen molar-refractivity contribution in [2.45, 2.75) is 26.3 Å². The number of ether oxygens (including phenoxy) is 1. The highest BCUT2D eigenvalue weighted by Gasteiger charge is 2.22. The minimum atomic E-state index is -1.01. The largest absolute Gasteiger partial charge is 0.494 e. The summed E-state index contributed by atoms with van der Waals surface area (Å²) in [6.45, 7) is 3.81. The predicted molar refractivity (Wildman–Crippen MR) is 120 cm³/mol. The summed E-state index contributed by atoms with van der Waals surface area (Å²) in [4.78, 5) is 28.9. The summed E-state index contributed by atoms with van der Waals surface area (Å²) in [5, 5.41) is 12.6. The zero-order valence-electron chi connectivity index (χ0n) is 17.5. The lowest BCUT2D eigenvalue weighted by molar-refractivity contribution is -0.137. The fraction of sp³-hybridized carbons (Fsp3) is 0.208. The van der Waals surface area contributed by atoms with Crippen molar-refractivity contribution in [2.24, 2.45) is 0 Å². The van der Waals surface area contributed by atoms with Crippen LogP contribution in [0.4, 0.5) is 0 Å². The summed E-state index contributed by atoms with van der Waals surface area (Å²) in [5.74, 6) is -1.02. The van der Waals surface area contributed by atoms with E-state index < -0.39 is 17.9 Å². The van der Waals surface area contributed by atoms with E-state index in [0.29, 0.717) is 22.0 Å². The zero-order valence-corrected chi connectivity index (χ0v) is 18.2. The molecule has 7 heteroatoms. The minimum Gasteiger partial charge on any atom is -0.494 e. The molecule has 31 heavy (non-hydrogen) atoms. The fourth-order valence-electron chi connectivity index (χ4n) is 3.37. The molecule has 2 N–H and O–H groups in total. The summed E-state index contributed by atoms with van der Waals surface area (Å²) in [6.07, 6.45) is -0.247. The number of halogens is 1. The number of benzene rings is 2. The second-order valence-electron chi connectivity index (χ2n) is 7.21. The van der Waals surface area contributed by atoms with Gasteiger partial charge in [0.25, 0.3) is 5.91 Å². The smallest absolute Gasteiger partial charge is 0.305 e. The number of aliphatic carboxylic acids is 1. The van der Waals surface area contributed by atoms with E-state index in [-0.39, 0.29) is 12.1 Å². The van der Waals surface area contributed by atoms with Gasteiger partial charge in [0.1, 0.15) is 17.1 Å². The van der Waals surface area contributed by atoms with Crippen LogP contribution in [0.1, 0.15) is 39.6 Å². The van der Waals surface area contributed by atoms with E-state index >= 15 is 0 Å². The average Bonchev–Trinajstić information content (AvgIpc) is 2.74. The van der Waals surface area contributed by atoms with Crippen molar-refractivity contribution in [3.05, 3.63) is 82.0 Å². The summed E-state index contributed by atoms with van der Waals surface area (Å²) in [5.41, 5.74) is 3.85. The predicted octanol–water partition coefficient (Wildman–Crippen LogP) is 4.97. The molecule has 2 aromatic carbocycles.